The van der Waals surface area contributed by atoms with E-state index in [-0.39, 0.29) is 36.0 Å². The topological polar surface area (TPSA) is 79.2 Å². The van der Waals surface area contributed by atoms with Crippen LogP contribution in [0.15, 0.2) is 42.5 Å². The molecule has 2 aromatic rings. The Hall–Kier alpha value is -2.24. The highest BCUT2D eigenvalue weighted by Crippen LogP contribution is 2.41. The molecule has 3 atom stereocenters. The van der Waals surface area contributed by atoms with Crippen LogP contribution in [0, 0.1) is 11.8 Å². The zero-order chi connectivity index (χ0) is 17.1. The van der Waals surface area contributed by atoms with E-state index in [1.807, 2.05) is 12.1 Å². The lowest BCUT2D eigenvalue weighted by molar-refractivity contribution is 0.0717. The number of aliphatic hydroxyl groups excluding tert-OH is 1. The van der Waals surface area contributed by atoms with Gasteiger partial charge in [0.2, 0.25) is 0 Å². The van der Waals surface area contributed by atoms with Crippen molar-refractivity contribution >= 4 is 0 Å². The summed E-state index contributed by atoms with van der Waals surface area (Å²) in [4.78, 5) is 0. The fourth-order valence-electron chi connectivity index (χ4n) is 3.33. The number of rotatable bonds is 5. The maximum atomic E-state index is 9.87. The number of phenols is 2. The molecule has 0 aromatic heterocycles. The second kappa shape index (κ2) is 7.11. The predicted octanol–water partition coefficient (Wildman–Crippen LogP) is 2.65. The Morgan fingerprint density at radius 2 is 1.88 bits per heavy atom. The van der Waals surface area contributed by atoms with Crippen molar-refractivity contribution in [3.05, 3.63) is 53.6 Å². The minimum absolute atomic E-state index is 0.0244. The molecule has 1 aliphatic rings. The fourth-order valence-corrected chi connectivity index (χ4v) is 3.33. The third kappa shape index (κ3) is 3.32. The van der Waals surface area contributed by atoms with E-state index in [0.717, 1.165) is 17.5 Å². The quantitative estimate of drug-likeness (QED) is 0.785. The van der Waals surface area contributed by atoms with Gasteiger partial charge in [-0.3, -0.25) is 0 Å². The predicted molar refractivity (Wildman–Crippen MR) is 89.2 cm³/mol. The van der Waals surface area contributed by atoms with Gasteiger partial charge >= 0.3 is 0 Å². The van der Waals surface area contributed by atoms with Crippen molar-refractivity contribution < 1.29 is 24.8 Å². The first-order chi connectivity index (χ1) is 11.6. The summed E-state index contributed by atoms with van der Waals surface area (Å²) in [7, 11) is 1.51. The lowest BCUT2D eigenvalue weighted by Gasteiger charge is -2.21. The molecular weight excluding hydrogens is 308 g/mol. The molecule has 1 aliphatic heterocycles. The monoisotopic (exact) mass is 330 g/mol. The number of benzene rings is 2. The lowest BCUT2D eigenvalue weighted by Crippen LogP contribution is -2.21. The Labute approximate surface area is 141 Å². The highest BCUT2D eigenvalue weighted by molar-refractivity contribution is 5.42. The second-order valence-corrected chi connectivity index (χ2v) is 6.16. The van der Waals surface area contributed by atoms with E-state index in [9.17, 15) is 15.3 Å². The van der Waals surface area contributed by atoms with E-state index in [1.165, 1.54) is 7.11 Å². The van der Waals surface area contributed by atoms with Crippen molar-refractivity contribution in [1.82, 2.24) is 0 Å². The molecule has 2 aromatic carbocycles. The van der Waals surface area contributed by atoms with E-state index in [2.05, 4.69) is 0 Å². The first kappa shape index (κ1) is 16.6. The van der Waals surface area contributed by atoms with Gasteiger partial charge in [0.25, 0.3) is 0 Å². The normalized spacial score (nSPS) is 23.3. The van der Waals surface area contributed by atoms with Crippen LogP contribution in [0.25, 0.3) is 0 Å². The first-order valence-electron chi connectivity index (χ1n) is 7.99. The third-order valence-electron chi connectivity index (χ3n) is 4.66. The van der Waals surface area contributed by atoms with Gasteiger partial charge in [-0.15, -0.1) is 0 Å². The standard InChI is InChI=1S/C19H22O5/c1-23-18-9-13(4-7-17(18)22)19-16(10-20)14(11-24-19)8-12-2-5-15(21)6-3-12/h2-7,9,14,16,19-22H,8,10-11H2,1H3/t14?,16?,19-/m1/s1. The highest BCUT2D eigenvalue weighted by atomic mass is 16.5. The second-order valence-electron chi connectivity index (χ2n) is 6.16. The molecule has 128 valence electrons. The van der Waals surface area contributed by atoms with Gasteiger partial charge in [-0.1, -0.05) is 18.2 Å². The SMILES string of the molecule is COc1cc([C@H]2OCC(Cc3ccc(O)cc3)C2CO)ccc1O. The van der Waals surface area contributed by atoms with Gasteiger partial charge in [0.15, 0.2) is 11.5 Å². The molecule has 3 N–H and O–H groups in total. The third-order valence-corrected chi connectivity index (χ3v) is 4.66. The van der Waals surface area contributed by atoms with Crippen LogP contribution in [0.5, 0.6) is 17.2 Å². The van der Waals surface area contributed by atoms with Crippen molar-refractivity contribution in [1.29, 1.82) is 0 Å². The van der Waals surface area contributed by atoms with Crippen molar-refractivity contribution in [3.63, 3.8) is 0 Å². The smallest absolute Gasteiger partial charge is 0.160 e. The van der Waals surface area contributed by atoms with Crippen LogP contribution in [0.4, 0.5) is 0 Å². The van der Waals surface area contributed by atoms with Gasteiger partial charge in [-0.05, 0) is 47.7 Å². The molecular formula is C19H22O5. The number of phenolic OH excluding ortho intramolecular Hbond substituents is 2. The maximum absolute atomic E-state index is 9.87. The van der Waals surface area contributed by atoms with Gasteiger partial charge < -0.3 is 24.8 Å². The molecule has 0 bridgehead atoms. The van der Waals surface area contributed by atoms with Crippen LogP contribution in [0.2, 0.25) is 0 Å². The van der Waals surface area contributed by atoms with Gasteiger partial charge in [-0.2, -0.15) is 0 Å². The van der Waals surface area contributed by atoms with Gasteiger partial charge in [-0.25, -0.2) is 0 Å². The van der Waals surface area contributed by atoms with E-state index >= 15 is 0 Å². The van der Waals surface area contributed by atoms with Crippen molar-refractivity contribution in [2.45, 2.75) is 12.5 Å². The van der Waals surface area contributed by atoms with E-state index < -0.39 is 0 Å². The summed E-state index contributed by atoms with van der Waals surface area (Å²) in [5, 5.41) is 29.0. The van der Waals surface area contributed by atoms with Crippen molar-refractivity contribution in [3.8, 4) is 17.2 Å². The molecule has 0 amide bonds. The molecule has 0 spiro atoms. The largest absolute Gasteiger partial charge is 0.508 e. The summed E-state index contributed by atoms with van der Waals surface area (Å²) in [6.07, 6.45) is 0.545. The summed E-state index contributed by atoms with van der Waals surface area (Å²) in [6, 6.07) is 12.3. The molecule has 0 radical (unpaired) electrons. The van der Waals surface area contributed by atoms with Crippen LogP contribution >= 0.6 is 0 Å². The number of aliphatic hydroxyl groups is 1. The summed E-state index contributed by atoms with van der Waals surface area (Å²) in [5.41, 5.74) is 1.99. The summed E-state index contributed by atoms with van der Waals surface area (Å²) >= 11 is 0. The Morgan fingerprint density at radius 1 is 1.12 bits per heavy atom. The highest BCUT2D eigenvalue weighted by Gasteiger charge is 2.37. The molecule has 24 heavy (non-hydrogen) atoms. The summed E-state index contributed by atoms with van der Waals surface area (Å²) < 4.78 is 11.1. The zero-order valence-electron chi connectivity index (χ0n) is 13.6. The molecule has 5 heteroatoms. The molecule has 3 rings (SSSR count). The van der Waals surface area contributed by atoms with Crippen LogP contribution < -0.4 is 4.74 Å². The number of hydrogen-bond acceptors (Lipinski definition) is 5. The van der Waals surface area contributed by atoms with Gasteiger partial charge in [0.05, 0.1) is 19.8 Å². The van der Waals surface area contributed by atoms with E-state index in [4.69, 9.17) is 9.47 Å². The number of ether oxygens (including phenoxy) is 2. The average molecular weight is 330 g/mol. The van der Waals surface area contributed by atoms with E-state index in [0.29, 0.717) is 12.4 Å². The average Bonchev–Trinajstić information content (AvgIpc) is 3.00. The molecule has 5 nitrogen and oxygen atoms in total. The van der Waals surface area contributed by atoms with Crippen LogP contribution in [-0.4, -0.2) is 35.6 Å². The van der Waals surface area contributed by atoms with Gasteiger partial charge in [0.1, 0.15) is 5.75 Å². The Morgan fingerprint density at radius 3 is 2.54 bits per heavy atom. The molecule has 1 saturated heterocycles. The van der Waals surface area contributed by atoms with Crippen LogP contribution in [0.3, 0.4) is 0 Å². The minimum atomic E-state index is -0.230. The summed E-state index contributed by atoms with van der Waals surface area (Å²) in [6.45, 7) is 0.580. The molecule has 1 heterocycles. The number of methoxy groups -OCH3 is 1. The van der Waals surface area contributed by atoms with Crippen LogP contribution in [-0.2, 0) is 11.2 Å². The fraction of sp³-hybridized carbons (Fsp3) is 0.368. The Kier molecular flexibility index (Phi) is 4.92. The van der Waals surface area contributed by atoms with Crippen molar-refractivity contribution in [2.75, 3.05) is 20.3 Å². The Bertz CT molecular complexity index is 683. The summed E-state index contributed by atoms with van der Waals surface area (Å²) in [5.74, 6) is 0.877. The molecule has 2 unspecified atom stereocenters. The van der Waals surface area contributed by atoms with E-state index in [1.54, 1.807) is 30.3 Å². The molecule has 1 fully saturated rings. The molecule has 0 saturated carbocycles. The van der Waals surface area contributed by atoms with Gasteiger partial charge in [0, 0.05) is 12.5 Å². The van der Waals surface area contributed by atoms with Crippen molar-refractivity contribution in [2.24, 2.45) is 11.8 Å². The first-order valence-corrected chi connectivity index (χ1v) is 7.99. The number of hydrogen-bond donors (Lipinski definition) is 3. The Balaban J connectivity index is 1.78. The van der Waals surface area contributed by atoms with Crippen LogP contribution in [0.1, 0.15) is 17.2 Å². The minimum Gasteiger partial charge on any atom is -0.508 e. The lowest BCUT2D eigenvalue weighted by atomic mass is 9.84. The maximum Gasteiger partial charge on any atom is 0.160 e. The molecule has 0 aliphatic carbocycles. The number of aromatic hydroxyl groups is 2. The zero-order valence-corrected chi connectivity index (χ0v) is 13.6.